The lowest BCUT2D eigenvalue weighted by Gasteiger charge is -2.28. The van der Waals surface area contributed by atoms with E-state index < -0.39 is 17.7 Å². The third-order valence-electron chi connectivity index (χ3n) is 7.09. The van der Waals surface area contributed by atoms with E-state index in [-0.39, 0.29) is 0 Å². The molecule has 5 aromatic rings. The summed E-state index contributed by atoms with van der Waals surface area (Å²) in [6.07, 6.45) is 2.70. The first kappa shape index (κ1) is 28.1. The molecule has 0 amide bonds. The highest BCUT2D eigenvalue weighted by molar-refractivity contribution is 7.20. The maximum absolute atomic E-state index is 12.6. The lowest BCUT2D eigenvalue weighted by molar-refractivity contribution is -0.160. The van der Waals surface area contributed by atoms with Crippen molar-refractivity contribution in [3.63, 3.8) is 0 Å². The molecule has 2 aromatic heterocycles. The summed E-state index contributed by atoms with van der Waals surface area (Å²) in [5.41, 5.74) is 6.91. The summed E-state index contributed by atoms with van der Waals surface area (Å²) in [4.78, 5) is 22.3. The fourth-order valence-corrected chi connectivity index (χ4v) is 6.48. The summed E-state index contributed by atoms with van der Waals surface area (Å²) in [6, 6.07) is 15.6. The Balaban J connectivity index is 1.50. The van der Waals surface area contributed by atoms with E-state index in [9.17, 15) is 9.90 Å². The van der Waals surface area contributed by atoms with Crippen LogP contribution in [0.5, 0.6) is 0 Å². The lowest BCUT2D eigenvalue weighted by Crippen LogP contribution is -2.28. The molecule has 0 radical (unpaired) electrons. The first-order valence-electron chi connectivity index (χ1n) is 13.5. The van der Waals surface area contributed by atoms with E-state index in [2.05, 4.69) is 28.6 Å². The molecule has 214 valence electrons. The second-order valence-electron chi connectivity index (χ2n) is 11.3. The number of carbonyl (C=O) groups is 1. The average molecular weight is 600 g/mol. The molecule has 1 aliphatic heterocycles. The number of carboxylic acid groups (broad SMARTS) is 1. The Morgan fingerprint density at radius 1 is 1.14 bits per heavy atom. The van der Waals surface area contributed by atoms with Gasteiger partial charge in [-0.25, -0.2) is 9.78 Å². The number of hydrogen-bond donors (Lipinski definition) is 2. The van der Waals surface area contributed by atoms with E-state index in [1.165, 1.54) is 11.3 Å². The fourth-order valence-electron chi connectivity index (χ4n) is 5.23. The number of hydrogen-bond acceptors (Lipinski definition) is 7. The predicted molar refractivity (Wildman–Crippen MR) is 169 cm³/mol. The van der Waals surface area contributed by atoms with Crippen LogP contribution in [0.3, 0.4) is 0 Å². The van der Waals surface area contributed by atoms with Gasteiger partial charge in [0.1, 0.15) is 11.7 Å². The number of allylic oxidation sites excluding steroid dienone is 1. The molecule has 42 heavy (non-hydrogen) atoms. The standard InChI is InChI=1S/C32H30ClN5O3S/c1-17-12-23-29(27(18-6-9-21(33)10-7-18)26(17)28(31(39)40)41-32(2,3)4)42-30(37-23)24-14-22(34-16-35-24)19-8-11-25-20(13-19)15-36-38(25)5/h6-15,28,35H,16H2,1-5H3,(H,39,40)/t28-/m0/s1. The smallest absolute Gasteiger partial charge is 0.337 e. The third-order valence-corrected chi connectivity index (χ3v) is 8.46. The molecule has 0 saturated heterocycles. The van der Waals surface area contributed by atoms with E-state index in [1.807, 2.05) is 82.0 Å². The van der Waals surface area contributed by atoms with Gasteiger partial charge >= 0.3 is 5.97 Å². The van der Waals surface area contributed by atoms with Gasteiger partial charge in [0.2, 0.25) is 0 Å². The molecule has 0 spiro atoms. The van der Waals surface area contributed by atoms with Crippen LogP contribution in [0.1, 0.15) is 48.6 Å². The van der Waals surface area contributed by atoms with Crippen molar-refractivity contribution < 1.29 is 14.6 Å². The van der Waals surface area contributed by atoms with Crippen LogP contribution in [0, 0.1) is 6.92 Å². The van der Waals surface area contributed by atoms with Crippen molar-refractivity contribution in [3.8, 4) is 11.1 Å². The number of aryl methyl sites for hydroxylation is 2. The molecule has 10 heteroatoms. The van der Waals surface area contributed by atoms with Gasteiger partial charge in [-0.05, 0) is 75.2 Å². The van der Waals surface area contributed by atoms with Crippen molar-refractivity contribution in [1.29, 1.82) is 0 Å². The molecule has 0 unspecified atom stereocenters. The van der Waals surface area contributed by atoms with E-state index in [1.54, 1.807) is 0 Å². The van der Waals surface area contributed by atoms with Crippen LogP contribution in [0.2, 0.25) is 5.02 Å². The number of aliphatic carboxylic acids is 1. The van der Waals surface area contributed by atoms with Crippen LogP contribution in [0.25, 0.3) is 37.9 Å². The van der Waals surface area contributed by atoms with Gasteiger partial charge in [-0.15, -0.1) is 11.3 Å². The second kappa shape index (κ2) is 10.7. The molecule has 1 atom stereocenters. The predicted octanol–water partition coefficient (Wildman–Crippen LogP) is 7.14. The number of rotatable bonds is 6. The SMILES string of the molecule is Cc1cc2nc(C3=CC(c4ccc5c(cnn5C)c4)=NCN3)sc2c(-c2ccc(Cl)cc2)c1[C@H](OC(C)(C)C)C(=O)O. The number of halogens is 1. The Bertz CT molecular complexity index is 1910. The maximum atomic E-state index is 12.6. The highest BCUT2D eigenvalue weighted by atomic mass is 35.5. The van der Waals surface area contributed by atoms with Gasteiger partial charge in [-0.2, -0.15) is 5.10 Å². The maximum Gasteiger partial charge on any atom is 0.337 e. The Morgan fingerprint density at radius 2 is 1.88 bits per heavy atom. The Kier molecular flexibility index (Phi) is 7.12. The number of aromatic nitrogens is 3. The van der Waals surface area contributed by atoms with Crippen LogP contribution in [-0.2, 0) is 16.6 Å². The molecule has 0 fully saturated rings. The summed E-state index contributed by atoms with van der Waals surface area (Å²) < 4.78 is 8.86. The van der Waals surface area contributed by atoms with Gasteiger partial charge in [0.25, 0.3) is 0 Å². The van der Waals surface area contributed by atoms with E-state index >= 15 is 0 Å². The zero-order valence-electron chi connectivity index (χ0n) is 23.9. The number of carboxylic acids is 1. The van der Waals surface area contributed by atoms with Crippen molar-refractivity contribution in [2.24, 2.45) is 12.0 Å². The number of fused-ring (bicyclic) bond motifs is 2. The van der Waals surface area contributed by atoms with Crippen molar-refractivity contribution in [2.75, 3.05) is 6.67 Å². The van der Waals surface area contributed by atoms with Gasteiger partial charge in [0.15, 0.2) is 6.10 Å². The molecule has 1 aliphatic rings. The molecule has 6 rings (SSSR count). The van der Waals surface area contributed by atoms with Crippen molar-refractivity contribution >= 4 is 61.4 Å². The van der Waals surface area contributed by atoms with Crippen molar-refractivity contribution in [2.45, 2.75) is 39.4 Å². The summed E-state index contributed by atoms with van der Waals surface area (Å²) >= 11 is 7.74. The molecular weight excluding hydrogens is 570 g/mol. The summed E-state index contributed by atoms with van der Waals surface area (Å²) in [5, 5.41) is 20.5. The number of benzene rings is 3. The molecule has 0 bridgehead atoms. The van der Waals surface area contributed by atoms with E-state index in [0.29, 0.717) is 17.3 Å². The second-order valence-corrected chi connectivity index (χ2v) is 12.7. The topological polar surface area (TPSA) is 102 Å². The Morgan fingerprint density at radius 3 is 2.60 bits per heavy atom. The molecule has 3 aromatic carbocycles. The normalized spacial score (nSPS) is 14.5. The molecule has 2 N–H and O–H groups in total. The van der Waals surface area contributed by atoms with Crippen LogP contribution in [0.15, 0.2) is 65.8 Å². The minimum atomic E-state index is -1.17. The summed E-state index contributed by atoms with van der Waals surface area (Å²) in [7, 11) is 1.93. The van der Waals surface area contributed by atoms with Gasteiger partial charge in [-0.3, -0.25) is 9.67 Å². The minimum absolute atomic E-state index is 0.414. The molecule has 3 heterocycles. The van der Waals surface area contributed by atoms with Gasteiger partial charge < -0.3 is 15.2 Å². The zero-order valence-corrected chi connectivity index (χ0v) is 25.5. The van der Waals surface area contributed by atoms with Gasteiger partial charge in [0.05, 0.1) is 38.9 Å². The van der Waals surface area contributed by atoms with E-state index in [0.717, 1.165) is 59.8 Å². The zero-order chi connectivity index (χ0) is 29.8. The van der Waals surface area contributed by atoms with Crippen molar-refractivity contribution in [3.05, 3.63) is 87.5 Å². The number of aliphatic imine (C=N–C) groups is 1. The number of ether oxygens (including phenoxy) is 1. The van der Waals surface area contributed by atoms with Crippen LogP contribution < -0.4 is 5.32 Å². The highest BCUT2D eigenvalue weighted by Crippen LogP contribution is 2.43. The first-order chi connectivity index (χ1) is 20.0. The third kappa shape index (κ3) is 5.31. The fraction of sp³-hybridized carbons (Fsp3) is 0.250. The quantitative estimate of drug-likeness (QED) is 0.215. The minimum Gasteiger partial charge on any atom is -0.479 e. The Hall–Kier alpha value is -4.05. The Labute approximate surface area is 252 Å². The van der Waals surface area contributed by atoms with E-state index in [4.69, 9.17) is 26.3 Å². The molecule has 0 saturated carbocycles. The lowest BCUT2D eigenvalue weighted by atomic mass is 9.91. The molecular formula is C32H30ClN5O3S. The number of thiazole rings is 1. The number of nitrogens with one attached hydrogen (secondary N) is 1. The summed E-state index contributed by atoms with van der Waals surface area (Å²) in [5.74, 6) is -1.05. The number of nitrogens with zero attached hydrogens (tertiary/aromatic N) is 4. The van der Waals surface area contributed by atoms with Gasteiger partial charge in [-0.1, -0.05) is 29.8 Å². The molecule has 0 aliphatic carbocycles. The first-order valence-corrected chi connectivity index (χ1v) is 14.7. The van der Waals surface area contributed by atoms with Crippen LogP contribution in [0.4, 0.5) is 0 Å². The monoisotopic (exact) mass is 599 g/mol. The van der Waals surface area contributed by atoms with Crippen molar-refractivity contribution in [1.82, 2.24) is 20.1 Å². The highest BCUT2D eigenvalue weighted by Gasteiger charge is 2.32. The summed E-state index contributed by atoms with van der Waals surface area (Å²) in [6.45, 7) is 7.89. The molecule has 8 nitrogen and oxygen atoms in total. The van der Waals surface area contributed by atoms with Gasteiger partial charge in [0, 0.05) is 34.1 Å². The average Bonchev–Trinajstić information content (AvgIpc) is 3.54. The van der Waals surface area contributed by atoms with Crippen LogP contribution in [-0.4, -0.2) is 43.8 Å². The van der Waals surface area contributed by atoms with Crippen LogP contribution >= 0.6 is 22.9 Å². The largest absolute Gasteiger partial charge is 0.479 e.